The van der Waals surface area contributed by atoms with Crippen LogP contribution in [0, 0.1) is 0 Å². The SMILES string of the molecule is C1=Nc2[nH]c(N3CCCC3)nc2CN1. The minimum Gasteiger partial charge on any atom is -0.370 e. The van der Waals surface area contributed by atoms with Crippen LogP contribution >= 0.6 is 0 Å². The summed E-state index contributed by atoms with van der Waals surface area (Å²) < 4.78 is 0. The first kappa shape index (κ1) is 7.84. The predicted molar refractivity (Wildman–Crippen MR) is 55.0 cm³/mol. The second kappa shape index (κ2) is 3.01. The molecule has 5 heteroatoms. The number of nitrogens with zero attached hydrogens (tertiary/aromatic N) is 3. The Hall–Kier alpha value is -1.52. The van der Waals surface area contributed by atoms with Gasteiger partial charge in [0, 0.05) is 13.1 Å². The third-order valence-electron chi connectivity index (χ3n) is 2.70. The van der Waals surface area contributed by atoms with Crippen molar-refractivity contribution in [1.29, 1.82) is 0 Å². The lowest BCUT2D eigenvalue weighted by Gasteiger charge is -2.12. The summed E-state index contributed by atoms with van der Waals surface area (Å²) in [6.45, 7) is 3.01. The smallest absolute Gasteiger partial charge is 0.204 e. The summed E-state index contributed by atoms with van der Waals surface area (Å²) in [6.07, 6.45) is 4.26. The molecule has 1 fully saturated rings. The predicted octanol–water partition coefficient (Wildman–Crippen LogP) is 0.773. The number of imidazole rings is 1. The van der Waals surface area contributed by atoms with E-state index < -0.39 is 0 Å². The van der Waals surface area contributed by atoms with Gasteiger partial charge in [0.2, 0.25) is 5.95 Å². The highest BCUT2D eigenvalue weighted by atomic mass is 15.3. The molecule has 1 aromatic rings. The van der Waals surface area contributed by atoms with Gasteiger partial charge in [-0.3, -0.25) is 0 Å². The first-order valence-corrected chi connectivity index (χ1v) is 5.03. The van der Waals surface area contributed by atoms with Gasteiger partial charge in [0.15, 0.2) is 5.82 Å². The summed E-state index contributed by atoms with van der Waals surface area (Å²) in [5.74, 6) is 1.89. The van der Waals surface area contributed by atoms with Gasteiger partial charge in [-0.2, -0.15) is 0 Å². The summed E-state index contributed by atoms with van der Waals surface area (Å²) >= 11 is 0. The minimum atomic E-state index is 0.781. The molecule has 2 N–H and O–H groups in total. The van der Waals surface area contributed by atoms with Crippen LogP contribution in [0.1, 0.15) is 18.5 Å². The molecular weight excluding hydrogens is 178 g/mol. The average Bonchev–Trinajstić information content (AvgIpc) is 2.86. The van der Waals surface area contributed by atoms with Crippen molar-refractivity contribution in [2.24, 2.45) is 4.99 Å². The van der Waals surface area contributed by atoms with Crippen LogP contribution in [-0.4, -0.2) is 29.4 Å². The molecule has 1 aromatic heterocycles. The minimum absolute atomic E-state index is 0.781. The number of anilines is 1. The van der Waals surface area contributed by atoms with Gasteiger partial charge in [-0.05, 0) is 12.8 Å². The van der Waals surface area contributed by atoms with Crippen molar-refractivity contribution < 1.29 is 0 Å². The maximum Gasteiger partial charge on any atom is 0.204 e. The second-order valence-electron chi connectivity index (χ2n) is 3.69. The van der Waals surface area contributed by atoms with Gasteiger partial charge in [-0.25, -0.2) is 9.98 Å². The lowest BCUT2D eigenvalue weighted by Crippen LogP contribution is -2.19. The third-order valence-corrected chi connectivity index (χ3v) is 2.70. The second-order valence-corrected chi connectivity index (χ2v) is 3.69. The Morgan fingerprint density at radius 3 is 2.93 bits per heavy atom. The monoisotopic (exact) mass is 191 g/mol. The molecule has 0 atom stereocenters. The van der Waals surface area contributed by atoms with E-state index in [0.717, 1.165) is 37.1 Å². The molecule has 14 heavy (non-hydrogen) atoms. The van der Waals surface area contributed by atoms with Gasteiger partial charge in [0.1, 0.15) is 5.69 Å². The van der Waals surface area contributed by atoms with Crippen LogP contribution < -0.4 is 10.2 Å². The Morgan fingerprint density at radius 1 is 1.29 bits per heavy atom. The average molecular weight is 191 g/mol. The van der Waals surface area contributed by atoms with Crippen molar-refractivity contribution in [2.45, 2.75) is 19.4 Å². The van der Waals surface area contributed by atoms with E-state index in [0.29, 0.717) is 0 Å². The van der Waals surface area contributed by atoms with Gasteiger partial charge in [0.05, 0.1) is 12.9 Å². The largest absolute Gasteiger partial charge is 0.370 e. The zero-order valence-corrected chi connectivity index (χ0v) is 7.95. The van der Waals surface area contributed by atoms with Crippen LogP contribution in [0.25, 0.3) is 0 Å². The molecule has 0 amide bonds. The Kier molecular flexibility index (Phi) is 1.68. The highest BCUT2D eigenvalue weighted by molar-refractivity contribution is 5.64. The maximum atomic E-state index is 4.53. The number of fused-ring (bicyclic) bond motifs is 1. The Morgan fingerprint density at radius 2 is 2.14 bits per heavy atom. The van der Waals surface area contributed by atoms with Crippen molar-refractivity contribution >= 4 is 18.1 Å². The summed E-state index contributed by atoms with van der Waals surface area (Å²) in [6, 6.07) is 0. The number of nitrogens with one attached hydrogen (secondary N) is 2. The van der Waals surface area contributed by atoms with E-state index in [-0.39, 0.29) is 0 Å². The molecule has 0 aliphatic carbocycles. The highest BCUT2D eigenvalue weighted by Crippen LogP contribution is 2.24. The molecule has 3 heterocycles. The normalized spacial score (nSPS) is 19.6. The van der Waals surface area contributed by atoms with Gasteiger partial charge in [-0.15, -0.1) is 0 Å². The van der Waals surface area contributed by atoms with E-state index in [1.807, 2.05) is 0 Å². The van der Waals surface area contributed by atoms with Gasteiger partial charge >= 0.3 is 0 Å². The molecule has 3 rings (SSSR count). The van der Waals surface area contributed by atoms with E-state index in [1.54, 1.807) is 6.34 Å². The highest BCUT2D eigenvalue weighted by Gasteiger charge is 2.18. The van der Waals surface area contributed by atoms with Gasteiger partial charge in [0.25, 0.3) is 0 Å². The molecule has 0 saturated carbocycles. The lowest BCUT2D eigenvalue weighted by molar-refractivity contribution is 0.869. The fraction of sp³-hybridized carbons (Fsp3) is 0.556. The van der Waals surface area contributed by atoms with E-state index >= 15 is 0 Å². The molecule has 0 radical (unpaired) electrons. The summed E-state index contributed by atoms with van der Waals surface area (Å²) in [7, 11) is 0. The molecule has 2 aliphatic rings. The standard InChI is InChI=1S/C9H13N5/c1-2-4-14(3-1)9-12-7-5-10-6-11-8(7)13-9/h6H,1-5H2,(H,10,11)(H,12,13). The molecule has 2 aliphatic heterocycles. The van der Waals surface area contributed by atoms with E-state index in [9.17, 15) is 0 Å². The molecule has 74 valence electrons. The number of H-pyrrole nitrogens is 1. The van der Waals surface area contributed by atoms with E-state index in [1.165, 1.54) is 12.8 Å². The summed E-state index contributed by atoms with van der Waals surface area (Å²) in [4.78, 5) is 14.3. The first-order valence-electron chi connectivity index (χ1n) is 5.03. The Labute approximate surface area is 82.2 Å². The molecular formula is C9H13N5. The number of aromatic amines is 1. The number of rotatable bonds is 1. The van der Waals surface area contributed by atoms with Crippen molar-refractivity contribution in [2.75, 3.05) is 18.0 Å². The fourth-order valence-corrected chi connectivity index (χ4v) is 1.95. The van der Waals surface area contributed by atoms with Crippen molar-refractivity contribution in [3.63, 3.8) is 0 Å². The number of hydrogen-bond acceptors (Lipinski definition) is 4. The van der Waals surface area contributed by atoms with Crippen molar-refractivity contribution in [1.82, 2.24) is 15.3 Å². The van der Waals surface area contributed by atoms with Crippen LogP contribution in [0.15, 0.2) is 4.99 Å². The van der Waals surface area contributed by atoms with E-state index in [2.05, 4.69) is 25.2 Å². The molecule has 0 unspecified atom stereocenters. The summed E-state index contributed by atoms with van der Waals surface area (Å²) in [5, 5.41) is 3.05. The Balaban J connectivity index is 1.92. The van der Waals surface area contributed by atoms with Crippen LogP contribution in [0.3, 0.4) is 0 Å². The van der Waals surface area contributed by atoms with Crippen LogP contribution in [0.2, 0.25) is 0 Å². The number of aromatic nitrogens is 2. The quantitative estimate of drug-likeness (QED) is 0.689. The molecule has 0 bridgehead atoms. The maximum absolute atomic E-state index is 4.53. The Bertz CT molecular complexity index is 361. The molecule has 5 nitrogen and oxygen atoms in total. The molecule has 0 aromatic carbocycles. The van der Waals surface area contributed by atoms with E-state index in [4.69, 9.17) is 0 Å². The zero-order valence-electron chi connectivity index (χ0n) is 7.95. The van der Waals surface area contributed by atoms with Crippen molar-refractivity contribution in [3.05, 3.63) is 5.69 Å². The third kappa shape index (κ3) is 1.16. The zero-order chi connectivity index (χ0) is 9.38. The first-order chi connectivity index (χ1) is 6.93. The van der Waals surface area contributed by atoms with Crippen LogP contribution in [0.4, 0.5) is 11.8 Å². The number of aliphatic imine (C=N–C) groups is 1. The molecule has 1 saturated heterocycles. The fourth-order valence-electron chi connectivity index (χ4n) is 1.95. The van der Waals surface area contributed by atoms with Gasteiger partial charge < -0.3 is 15.2 Å². The number of hydrogen-bond donors (Lipinski definition) is 2. The van der Waals surface area contributed by atoms with Crippen LogP contribution in [-0.2, 0) is 6.54 Å². The van der Waals surface area contributed by atoms with Crippen LogP contribution in [0.5, 0.6) is 0 Å². The van der Waals surface area contributed by atoms with Gasteiger partial charge in [-0.1, -0.05) is 0 Å². The molecule has 0 spiro atoms. The topological polar surface area (TPSA) is 56.3 Å². The lowest BCUT2D eigenvalue weighted by atomic mass is 10.4. The van der Waals surface area contributed by atoms with Crippen molar-refractivity contribution in [3.8, 4) is 0 Å². The summed E-state index contributed by atoms with van der Waals surface area (Å²) in [5.41, 5.74) is 1.02.